The van der Waals surface area contributed by atoms with Crippen molar-refractivity contribution in [1.82, 2.24) is 9.88 Å². The number of nitrogens with one attached hydrogen (secondary N) is 2. The summed E-state index contributed by atoms with van der Waals surface area (Å²) in [6.07, 6.45) is 2.99. The van der Waals surface area contributed by atoms with Gasteiger partial charge in [-0.1, -0.05) is 0 Å². The zero-order valence-electron chi connectivity index (χ0n) is 10.5. The first kappa shape index (κ1) is 12.8. The Kier molecular flexibility index (Phi) is 5.64. The lowest BCUT2D eigenvalue weighted by atomic mass is 10.3. The van der Waals surface area contributed by atoms with Crippen LogP contribution in [0.25, 0.3) is 0 Å². The molecule has 0 saturated carbocycles. The topological polar surface area (TPSA) is 40.2 Å². The molecule has 2 N–H and O–H groups in total. The van der Waals surface area contributed by atoms with Crippen LogP contribution in [-0.2, 0) is 0 Å². The van der Waals surface area contributed by atoms with Gasteiger partial charge in [-0.25, -0.2) is 4.98 Å². The van der Waals surface area contributed by atoms with Crippen molar-refractivity contribution in [1.29, 1.82) is 0 Å². The summed E-state index contributed by atoms with van der Waals surface area (Å²) >= 11 is 0. The number of hydrogen-bond donors (Lipinski definition) is 2. The summed E-state index contributed by atoms with van der Waals surface area (Å²) in [6.45, 7) is 5.07. The molecule has 4 nitrogen and oxygen atoms in total. The molecule has 1 rings (SSSR count). The maximum atomic E-state index is 4.33. The summed E-state index contributed by atoms with van der Waals surface area (Å²) in [5, 5.41) is 6.52. The molecule has 0 unspecified atom stereocenters. The minimum atomic E-state index is 0.928. The molecule has 0 atom stereocenters. The Labute approximate surface area is 98.1 Å². The molecule has 0 saturated heterocycles. The second kappa shape index (κ2) is 7.06. The fourth-order valence-corrected chi connectivity index (χ4v) is 1.42. The minimum Gasteiger partial charge on any atom is -0.384 e. The van der Waals surface area contributed by atoms with Crippen LogP contribution in [0.4, 0.5) is 11.5 Å². The van der Waals surface area contributed by atoms with Gasteiger partial charge in [0.05, 0.1) is 11.9 Å². The van der Waals surface area contributed by atoms with Gasteiger partial charge in [-0.2, -0.15) is 0 Å². The van der Waals surface area contributed by atoms with Gasteiger partial charge in [0, 0.05) is 13.1 Å². The number of hydrogen-bond acceptors (Lipinski definition) is 4. The highest BCUT2D eigenvalue weighted by molar-refractivity contribution is 5.46. The molecule has 4 heteroatoms. The molecule has 1 aromatic rings. The Bertz CT molecular complexity index is 282. The van der Waals surface area contributed by atoms with E-state index in [1.54, 1.807) is 0 Å². The van der Waals surface area contributed by atoms with Gasteiger partial charge < -0.3 is 15.5 Å². The van der Waals surface area contributed by atoms with Crippen LogP contribution in [0.5, 0.6) is 0 Å². The molecule has 0 bridgehead atoms. The van der Waals surface area contributed by atoms with Crippen molar-refractivity contribution in [3.63, 3.8) is 0 Å². The standard InChI is InChI=1S/C12H22N4/c1-4-13-11-6-7-12(15-10-11)14-8-5-9-16(2)3/h6-7,10,13H,4-5,8-9H2,1-3H3,(H,14,15). The van der Waals surface area contributed by atoms with E-state index in [0.29, 0.717) is 0 Å². The van der Waals surface area contributed by atoms with Gasteiger partial charge in [-0.05, 0) is 46.1 Å². The van der Waals surface area contributed by atoms with Gasteiger partial charge in [-0.15, -0.1) is 0 Å². The molecule has 0 fully saturated rings. The van der Waals surface area contributed by atoms with E-state index in [1.165, 1.54) is 0 Å². The molecule has 0 spiro atoms. The molecule has 1 heterocycles. The SMILES string of the molecule is CCNc1ccc(NCCCN(C)C)nc1. The van der Waals surface area contributed by atoms with Crippen LogP contribution < -0.4 is 10.6 Å². The summed E-state index contributed by atoms with van der Waals surface area (Å²) in [5.41, 5.74) is 1.07. The lowest BCUT2D eigenvalue weighted by molar-refractivity contribution is 0.405. The van der Waals surface area contributed by atoms with E-state index in [1.807, 2.05) is 18.3 Å². The Morgan fingerprint density at radius 2 is 2.06 bits per heavy atom. The fourth-order valence-electron chi connectivity index (χ4n) is 1.42. The quantitative estimate of drug-likeness (QED) is 0.691. The summed E-state index contributed by atoms with van der Waals surface area (Å²) in [5.74, 6) is 0.945. The van der Waals surface area contributed by atoms with Crippen LogP contribution in [0, 0.1) is 0 Å². The van der Waals surface area contributed by atoms with Crippen molar-refractivity contribution in [2.45, 2.75) is 13.3 Å². The summed E-state index contributed by atoms with van der Waals surface area (Å²) in [6, 6.07) is 4.05. The van der Waals surface area contributed by atoms with E-state index in [-0.39, 0.29) is 0 Å². The van der Waals surface area contributed by atoms with Gasteiger partial charge >= 0.3 is 0 Å². The monoisotopic (exact) mass is 222 g/mol. The Balaban J connectivity index is 2.26. The molecule has 16 heavy (non-hydrogen) atoms. The number of anilines is 2. The minimum absolute atomic E-state index is 0.928. The van der Waals surface area contributed by atoms with E-state index in [9.17, 15) is 0 Å². The second-order valence-corrected chi connectivity index (χ2v) is 4.05. The van der Waals surface area contributed by atoms with Gasteiger partial charge in [0.2, 0.25) is 0 Å². The lowest BCUT2D eigenvalue weighted by Crippen LogP contribution is -2.16. The van der Waals surface area contributed by atoms with Crippen LogP contribution in [-0.4, -0.2) is 43.6 Å². The number of nitrogens with zero attached hydrogens (tertiary/aromatic N) is 2. The van der Waals surface area contributed by atoms with Crippen LogP contribution in [0.3, 0.4) is 0 Å². The maximum Gasteiger partial charge on any atom is 0.126 e. The summed E-state index contributed by atoms with van der Waals surface area (Å²) < 4.78 is 0. The third-order valence-electron chi connectivity index (χ3n) is 2.23. The number of pyridine rings is 1. The van der Waals surface area contributed by atoms with Gasteiger partial charge in [0.15, 0.2) is 0 Å². The highest BCUT2D eigenvalue weighted by Gasteiger charge is 1.95. The van der Waals surface area contributed by atoms with Crippen molar-refractivity contribution in [3.8, 4) is 0 Å². The number of aromatic nitrogens is 1. The summed E-state index contributed by atoms with van der Waals surface area (Å²) in [4.78, 5) is 6.51. The molecule has 0 radical (unpaired) electrons. The lowest BCUT2D eigenvalue weighted by Gasteiger charge is -2.10. The molecule has 90 valence electrons. The fraction of sp³-hybridized carbons (Fsp3) is 0.583. The number of rotatable bonds is 7. The molecule has 0 aliphatic carbocycles. The van der Waals surface area contributed by atoms with E-state index < -0.39 is 0 Å². The third-order valence-corrected chi connectivity index (χ3v) is 2.23. The van der Waals surface area contributed by atoms with Crippen LogP contribution >= 0.6 is 0 Å². The molecule has 0 aliphatic rings. The smallest absolute Gasteiger partial charge is 0.126 e. The molecular formula is C12H22N4. The van der Waals surface area contributed by atoms with Gasteiger partial charge in [-0.3, -0.25) is 0 Å². The van der Waals surface area contributed by atoms with Crippen LogP contribution in [0.15, 0.2) is 18.3 Å². The first-order valence-electron chi connectivity index (χ1n) is 5.81. The first-order chi connectivity index (χ1) is 7.72. The highest BCUT2D eigenvalue weighted by Crippen LogP contribution is 2.08. The highest BCUT2D eigenvalue weighted by atomic mass is 15.1. The van der Waals surface area contributed by atoms with E-state index in [2.05, 4.69) is 41.5 Å². The summed E-state index contributed by atoms with van der Waals surface area (Å²) in [7, 11) is 4.17. The predicted octanol–water partition coefficient (Wildman–Crippen LogP) is 1.88. The molecule has 0 aliphatic heterocycles. The first-order valence-corrected chi connectivity index (χ1v) is 5.81. The predicted molar refractivity (Wildman–Crippen MR) is 70.1 cm³/mol. The largest absolute Gasteiger partial charge is 0.384 e. The average molecular weight is 222 g/mol. The molecular weight excluding hydrogens is 200 g/mol. The van der Waals surface area contributed by atoms with Crippen molar-refractivity contribution in [3.05, 3.63) is 18.3 Å². The van der Waals surface area contributed by atoms with Crippen molar-refractivity contribution in [2.75, 3.05) is 44.4 Å². The molecule has 1 aromatic heterocycles. The van der Waals surface area contributed by atoms with Gasteiger partial charge in [0.25, 0.3) is 0 Å². The zero-order valence-corrected chi connectivity index (χ0v) is 10.5. The maximum absolute atomic E-state index is 4.33. The van der Waals surface area contributed by atoms with E-state index >= 15 is 0 Å². The zero-order chi connectivity index (χ0) is 11.8. The Morgan fingerprint density at radius 3 is 2.62 bits per heavy atom. The van der Waals surface area contributed by atoms with Crippen molar-refractivity contribution < 1.29 is 0 Å². The van der Waals surface area contributed by atoms with Crippen LogP contribution in [0.2, 0.25) is 0 Å². The molecule has 0 aromatic carbocycles. The Hall–Kier alpha value is -1.29. The third kappa shape index (κ3) is 4.98. The van der Waals surface area contributed by atoms with Crippen molar-refractivity contribution in [2.24, 2.45) is 0 Å². The van der Waals surface area contributed by atoms with E-state index in [0.717, 1.165) is 37.6 Å². The van der Waals surface area contributed by atoms with E-state index in [4.69, 9.17) is 0 Å². The normalized spacial score (nSPS) is 10.5. The van der Waals surface area contributed by atoms with Crippen LogP contribution in [0.1, 0.15) is 13.3 Å². The second-order valence-electron chi connectivity index (χ2n) is 4.05. The Morgan fingerprint density at radius 1 is 1.25 bits per heavy atom. The average Bonchev–Trinajstić information content (AvgIpc) is 2.27. The molecule has 0 amide bonds. The van der Waals surface area contributed by atoms with Gasteiger partial charge in [0.1, 0.15) is 5.82 Å². The van der Waals surface area contributed by atoms with Crippen molar-refractivity contribution >= 4 is 11.5 Å².